The highest BCUT2D eigenvalue weighted by atomic mass is 17.3. The highest BCUT2D eigenvalue weighted by Gasteiger charge is 2.42. The van der Waals surface area contributed by atoms with E-state index in [1.54, 1.807) is 20.8 Å². The molecule has 0 aromatic rings. The molecule has 3 atom stereocenters. The number of aliphatic hydroxyl groups excluding tert-OH is 1. The lowest BCUT2D eigenvalue weighted by atomic mass is 10.1. The van der Waals surface area contributed by atoms with Crippen LogP contribution in [0.25, 0.3) is 0 Å². The zero-order chi connectivity index (χ0) is 12.5. The first kappa shape index (κ1) is 13.2. The maximum atomic E-state index is 8.85. The second-order valence-electron chi connectivity index (χ2n) is 4.71. The molecule has 17 heavy (non-hydrogen) atoms. The fourth-order valence-corrected chi connectivity index (χ4v) is 1.65. The van der Waals surface area contributed by atoms with E-state index in [0.29, 0.717) is 12.8 Å². The quantitative estimate of drug-likeness (QED) is 0.740. The van der Waals surface area contributed by atoms with Crippen LogP contribution >= 0.6 is 0 Å². The average Bonchev–Trinajstić information content (AvgIpc) is 2.80. The molecule has 0 spiro atoms. The maximum absolute atomic E-state index is 8.85. The van der Waals surface area contributed by atoms with Crippen LogP contribution in [-0.2, 0) is 29.0 Å². The Kier molecular flexibility index (Phi) is 3.69. The molecule has 2 aliphatic heterocycles. The molecule has 0 radical (unpaired) electrons. The summed E-state index contributed by atoms with van der Waals surface area (Å²) < 4.78 is 10.8. The van der Waals surface area contributed by atoms with Gasteiger partial charge in [0.05, 0.1) is 6.61 Å². The Bertz CT molecular complexity index is 269. The van der Waals surface area contributed by atoms with Gasteiger partial charge in [0, 0.05) is 12.8 Å². The van der Waals surface area contributed by atoms with E-state index >= 15 is 0 Å². The lowest BCUT2D eigenvalue weighted by Gasteiger charge is -2.20. The Morgan fingerprint density at radius 2 is 1.71 bits per heavy atom. The highest BCUT2D eigenvalue weighted by molar-refractivity contribution is 4.69. The fraction of sp³-hybridized carbons (Fsp3) is 1.00. The second-order valence-corrected chi connectivity index (χ2v) is 4.71. The van der Waals surface area contributed by atoms with Crippen molar-refractivity contribution in [2.45, 2.75) is 57.8 Å². The Morgan fingerprint density at radius 1 is 1.00 bits per heavy atom. The van der Waals surface area contributed by atoms with E-state index in [1.807, 2.05) is 0 Å². The standard InChI is InChI=1S/C10H18O7/c1-9(2)12-7(14-16-9)4-5-10(3)13-8(6-11)15-17-10/h7-8,11H,4-6H2,1-3H3. The smallest absolute Gasteiger partial charge is 0.217 e. The van der Waals surface area contributed by atoms with Gasteiger partial charge in [-0.2, -0.15) is 14.7 Å². The molecular formula is C10H18O7. The van der Waals surface area contributed by atoms with Crippen molar-refractivity contribution in [1.82, 2.24) is 0 Å². The minimum absolute atomic E-state index is 0.248. The molecule has 2 aliphatic rings. The average molecular weight is 250 g/mol. The minimum atomic E-state index is -0.896. The zero-order valence-electron chi connectivity index (χ0n) is 10.2. The molecule has 1 N–H and O–H groups in total. The van der Waals surface area contributed by atoms with E-state index in [0.717, 1.165) is 0 Å². The van der Waals surface area contributed by atoms with E-state index in [1.165, 1.54) is 0 Å². The van der Waals surface area contributed by atoms with Crippen LogP contribution in [0.5, 0.6) is 0 Å². The molecule has 0 aliphatic carbocycles. The minimum Gasteiger partial charge on any atom is -0.391 e. The van der Waals surface area contributed by atoms with Crippen molar-refractivity contribution in [1.29, 1.82) is 0 Å². The summed E-state index contributed by atoms with van der Waals surface area (Å²) in [6.45, 7) is 5.01. The van der Waals surface area contributed by atoms with Gasteiger partial charge in [0.2, 0.25) is 12.1 Å². The molecular weight excluding hydrogens is 232 g/mol. The summed E-state index contributed by atoms with van der Waals surface area (Å²) in [6.07, 6.45) is -0.171. The van der Waals surface area contributed by atoms with Gasteiger partial charge in [-0.1, -0.05) is 0 Å². The van der Waals surface area contributed by atoms with E-state index < -0.39 is 24.2 Å². The number of hydrogen-bond donors (Lipinski definition) is 1. The summed E-state index contributed by atoms with van der Waals surface area (Å²) in [5.41, 5.74) is 0. The van der Waals surface area contributed by atoms with Gasteiger partial charge >= 0.3 is 0 Å². The molecule has 7 nitrogen and oxygen atoms in total. The van der Waals surface area contributed by atoms with Crippen LogP contribution in [0.2, 0.25) is 0 Å². The third-order valence-corrected chi connectivity index (χ3v) is 2.47. The molecule has 2 heterocycles. The van der Waals surface area contributed by atoms with Crippen molar-refractivity contribution in [3.8, 4) is 0 Å². The monoisotopic (exact) mass is 250 g/mol. The molecule has 0 aromatic heterocycles. The topological polar surface area (TPSA) is 75.6 Å². The number of hydrogen-bond acceptors (Lipinski definition) is 7. The lowest BCUT2D eigenvalue weighted by molar-refractivity contribution is -0.336. The Balaban J connectivity index is 1.75. The molecule has 0 saturated carbocycles. The predicted octanol–water partition coefficient (Wildman–Crippen LogP) is 0.820. The van der Waals surface area contributed by atoms with E-state index in [4.69, 9.17) is 34.1 Å². The summed E-state index contributed by atoms with van der Waals surface area (Å²) in [6, 6.07) is 0. The van der Waals surface area contributed by atoms with Gasteiger partial charge in [-0.25, -0.2) is 4.89 Å². The summed E-state index contributed by atoms with van der Waals surface area (Å²) >= 11 is 0. The molecule has 7 heteroatoms. The van der Waals surface area contributed by atoms with E-state index in [-0.39, 0.29) is 6.61 Å². The van der Waals surface area contributed by atoms with Crippen molar-refractivity contribution in [3.05, 3.63) is 0 Å². The predicted molar refractivity (Wildman–Crippen MR) is 52.9 cm³/mol. The summed E-state index contributed by atoms with van der Waals surface area (Å²) in [7, 11) is 0. The molecule has 3 unspecified atom stereocenters. The SMILES string of the molecule is CC1(C)OOC(CCC2(C)OOC(CO)O2)O1. The van der Waals surface area contributed by atoms with Gasteiger partial charge < -0.3 is 14.6 Å². The van der Waals surface area contributed by atoms with Crippen molar-refractivity contribution in [2.24, 2.45) is 0 Å². The normalized spacial score (nSPS) is 40.9. The van der Waals surface area contributed by atoms with Gasteiger partial charge in [-0.15, -0.1) is 0 Å². The molecule has 2 saturated heterocycles. The summed E-state index contributed by atoms with van der Waals surface area (Å²) in [4.78, 5) is 19.8. The van der Waals surface area contributed by atoms with Crippen LogP contribution in [0.1, 0.15) is 33.6 Å². The van der Waals surface area contributed by atoms with E-state index in [9.17, 15) is 0 Å². The third-order valence-electron chi connectivity index (χ3n) is 2.47. The number of ether oxygens (including phenoxy) is 2. The van der Waals surface area contributed by atoms with Crippen LogP contribution in [-0.4, -0.2) is 35.9 Å². The zero-order valence-corrected chi connectivity index (χ0v) is 10.2. The van der Waals surface area contributed by atoms with Gasteiger partial charge in [0.25, 0.3) is 0 Å². The first-order valence-corrected chi connectivity index (χ1v) is 5.58. The van der Waals surface area contributed by atoms with Crippen LogP contribution in [0, 0.1) is 0 Å². The third kappa shape index (κ3) is 3.35. The second kappa shape index (κ2) is 4.77. The fourth-order valence-electron chi connectivity index (χ4n) is 1.65. The van der Waals surface area contributed by atoms with E-state index in [2.05, 4.69) is 0 Å². The molecule has 0 amide bonds. The van der Waals surface area contributed by atoms with Crippen molar-refractivity contribution >= 4 is 0 Å². The van der Waals surface area contributed by atoms with Gasteiger partial charge in [0.1, 0.15) is 0 Å². The van der Waals surface area contributed by atoms with Crippen molar-refractivity contribution < 1.29 is 34.1 Å². The number of rotatable bonds is 4. The molecule has 2 fully saturated rings. The van der Waals surface area contributed by atoms with Gasteiger partial charge in [-0.05, 0) is 20.8 Å². The summed E-state index contributed by atoms with van der Waals surface area (Å²) in [5, 5.41) is 8.85. The Morgan fingerprint density at radius 3 is 2.24 bits per heavy atom. The van der Waals surface area contributed by atoms with Gasteiger partial charge in [-0.3, -0.25) is 0 Å². The largest absolute Gasteiger partial charge is 0.391 e. The summed E-state index contributed by atoms with van der Waals surface area (Å²) in [5.74, 6) is -1.63. The first-order chi connectivity index (χ1) is 7.92. The van der Waals surface area contributed by atoms with Crippen molar-refractivity contribution in [3.63, 3.8) is 0 Å². The van der Waals surface area contributed by atoms with Crippen LogP contribution in [0.4, 0.5) is 0 Å². The maximum Gasteiger partial charge on any atom is 0.217 e. The highest BCUT2D eigenvalue weighted by Crippen LogP contribution is 2.32. The Labute approximate surface area is 99.3 Å². The molecule has 0 bridgehead atoms. The van der Waals surface area contributed by atoms with Crippen molar-refractivity contribution in [2.75, 3.05) is 6.61 Å². The number of aliphatic hydroxyl groups is 1. The van der Waals surface area contributed by atoms with Crippen LogP contribution in [0.15, 0.2) is 0 Å². The van der Waals surface area contributed by atoms with Gasteiger partial charge in [0.15, 0.2) is 12.1 Å². The molecule has 0 aromatic carbocycles. The first-order valence-electron chi connectivity index (χ1n) is 5.58. The lowest BCUT2D eigenvalue weighted by Crippen LogP contribution is -2.30. The Hall–Kier alpha value is -0.280. The van der Waals surface area contributed by atoms with Crippen LogP contribution in [0.3, 0.4) is 0 Å². The van der Waals surface area contributed by atoms with Crippen LogP contribution < -0.4 is 0 Å². The molecule has 2 rings (SSSR count). The molecule has 100 valence electrons.